The van der Waals surface area contributed by atoms with Crippen molar-refractivity contribution < 1.29 is 13.2 Å². The lowest BCUT2D eigenvalue weighted by molar-refractivity contribution is -0.112. The van der Waals surface area contributed by atoms with E-state index in [-0.39, 0.29) is 15.8 Å². The minimum absolute atomic E-state index is 0.141. The van der Waals surface area contributed by atoms with Crippen LogP contribution in [0.2, 0.25) is 0 Å². The van der Waals surface area contributed by atoms with E-state index in [2.05, 4.69) is 10.6 Å². The van der Waals surface area contributed by atoms with Gasteiger partial charge >= 0.3 is 0 Å². The number of carbonyl (C=O) groups is 1. The predicted molar refractivity (Wildman–Crippen MR) is 118 cm³/mol. The first-order chi connectivity index (χ1) is 14.4. The lowest BCUT2D eigenvalue weighted by atomic mass is 10.1. The third-order valence-electron chi connectivity index (χ3n) is 5.12. The summed E-state index contributed by atoms with van der Waals surface area (Å²) in [5.41, 5.74) is 3.41. The Hall–Kier alpha value is -3.38. The number of benzene rings is 3. The number of aryl methyl sites for hydroxylation is 1. The normalized spacial score (nSPS) is 15.4. The molecule has 0 bridgehead atoms. The molecule has 0 saturated carbocycles. The zero-order chi connectivity index (χ0) is 21.3. The SMILES string of the molecule is Cc1ccc(NC(=O)C2=C(NC(C)c3ccccc3)c3ccccc3S2(=O)=O)cc1. The fourth-order valence-corrected chi connectivity index (χ4v) is 5.19. The molecule has 1 aliphatic heterocycles. The van der Waals surface area contributed by atoms with Crippen LogP contribution >= 0.6 is 0 Å². The summed E-state index contributed by atoms with van der Waals surface area (Å²) in [6.07, 6.45) is 0. The van der Waals surface area contributed by atoms with Crippen LogP contribution in [0.4, 0.5) is 5.69 Å². The number of carbonyl (C=O) groups excluding carboxylic acids is 1. The van der Waals surface area contributed by atoms with Crippen molar-refractivity contribution >= 4 is 27.1 Å². The largest absolute Gasteiger partial charge is 0.377 e. The van der Waals surface area contributed by atoms with Gasteiger partial charge < -0.3 is 10.6 Å². The maximum Gasteiger partial charge on any atom is 0.269 e. The number of sulfone groups is 1. The second-order valence-corrected chi connectivity index (χ2v) is 9.16. The zero-order valence-electron chi connectivity index (χ0n) is 16.7. The Morgan fingerprint density at radius 1 is 0.867 bits per heavy atom. The van der Waals surface area contributed by atoms with Crippen molar-refractivity contribution in [3.05, 3.63) is 100 Å². The highest BCUT2D eigenvalue weighted by Crippen LogP contribution is 2.39. The molecule has 0 saturated heterocycles. The highest BCUT2D eigenvalue weighted by Gasteiger charge is 2.40. The number of amides is 1. The van der Waals surface area contributed by atoms with Crippen molar-refractivity contribution in [2.24, 2.45) is 0 Å². The predicted octanol–water partition coefficient (Wildman–Crippen LogP) is 4.44. The number of fused-ring (bicyclic) bond motifs is 1. The van der Waals surface area contributed by atoms with Crippen LogP contribution in [0.15, 0.2) is 88.7 Å². The number of hydrogen-bond donors (Lipinski definition) is 2. The van der Waals surface area contributed by atoms with Crippen LogP contribution in [-0.2, 0) is 14.6 Å². The molecule has 2 N–H and O–H groups in total. The lowest BCUT2D eigenvalue weighted by Crippen LogP contribution is -2.24. The first kappa shape index (κ1) is 19.9. The highest BCUT2D eigenvalue weighted by molar-refractivity contribution is 7.97. The Morgan fingerprint density at radius 2 is 1.50 bits per heavy atom. The standard InChI is InChI=1S/C24H22N2O3S/c1-16-12-14-19(15-13-16)26-24(27)23-22(25-17(2)18-8-4-3-5-9-18)20-10-6-7-11-21(20)30(23,28)29/h3-15,17,25H,1-2H3,(H,26,27). The summed E-state index contributed by atoms with van der Waals surface area (Å²) in [5, 5.41) is 6.00. The Kier molecular flexibility index (Phi) is 5.18. The molecule has 1 aliphatic rings. The van der Waals surface area contributed by atoms with Crippen LogP contribution in [0.5, 0.6) is 0 Å². The molecule has 1 heterocycles. The van der Waals surface area contributed by atoms with E-state index >= 15 is 0 Å². The van der Waals surface area contributed by atoms with Crippen LogP contribution in [0.1, 0.15) is 29.7 Å². The van der Waals surface area contributed by atoms with Crippen molar-refractivity contribution in [2.45, 2.75) is 24.8 Å². The first-order valence-electron chi connectivity index (χ1n) is 9.66. The highest BCUT2D eigenvalue weighted by atomic mass is 32.2. The smallest absolute Gasteiger partial charge is 0.269 e. The molecule has 0 aliphatic carbocycles. The molecular weight excluding hydrogens is 396 g/mol. The fourth-order valence-electron chi connectivity index (χ4n) is 3.52. The number of anilines is 1. The summed E-state index contributed by atoms with van der Waals surface area (Å²) in [6.45, 7) is 3.88. The second kappa shape index (κ2) is 7.80. The molecule has 1 unspecified atom stereocenters. The summed E-state index contributed by atoms with van der Waals surface area (Å²) in [7, 11) is -3.95. The van der Waals surface area contributed by atoms with Gasteiger partial charge in [0, 0.05) is 17.3 Å². The van der Waals surface area contributed by atoms with Crippen molar-refractivity contribution in [2.75, 3.05) is 5.32 Å². The van der Waals surface area contributed by atoms with E-state index in [4.69, 9.17) is 0 Å². The van der Waals surface area contributed by atoms with E-state index in [9.17, 15) is 13.2 Å². The third kappa shape index (κ3) is 3.62. The van der Waals surface area contributed by atoms with Crippen LogP contribution in [0.3, 0.4) is 0 Å². The van der Waals surface area contributed by atoms with Gasteiger partial charge in [-0.3, -0.25) is 4.79 Å². The monoisotopic (exact) mass is 418 g/mol. The van der Waals surface area contributed by atoms with Gasteiger partial charge in [0.15, 0.2) is 4.91 Å². The van der Waals surface area contributed by atoms with E-state index in [0.29, 0.717) is 16.9 Å². The molecule has 3 aromatic carbocycles. The van der Waals surface area contributed by atoms with E-state index in [1.54, 1.807) is 30.3 Å². The maximum absolute atomic E-state index is 13.2. The van der Waals surface area contributed by atoms with Crippen molar-refractivity contribution in [3.63, 3.8) is 0 Å². The van der Waals surface area contributed by atoms with Crippen LogP contribution in [-0.4, -0.2) is 14.3 Å². The van der Waals surface area contributed by atoms with E-state index in [1.807, 2.05) is 56.3 Å². The molecule has 0 aromatic heterocycles. The fraction of sp³-hybridized carbons (Fsp3) is 0.125. The van der Waals surface area contributed by atoms with Gasteiger partial charge in [0.25, 0.3) is 5.91 Å². The molecule has 152 valence electrons. The number of rotatable bonds is 5. The molecule has 0 spiro atoms. The van der Waals surface area contributed by atoms with E-state index < -0.39 is 15.7 Å². The summed E-state index contributed by atoms with van der Waals surface area (Å²) in [5.74, 6) is -0.655. The van der Waals surface area contributed by atoms with Gasteiger partial charge in [-0.05, 0) is 37.6 Å². The summed E-state index contributed by atoms with van der Waals surface area (Å²) >= 11 is 0. The first-order valence-corrected chi connectivity index (χ1v) is 11.1. The molecule has 3 aromatic rings. The van der Waals surface area contributed by atoms with Crippen LogP contribution in [0, 0.1) is 6.92 Å². The minimum Gasteiger partial charge on any atom is -0.377 e. The van der Waals surface area contributed by atoms with Gasteiger partial charge in [-0.25, -0.2) is 8.42 Å². The Balaban J connectivity index is 1.77. The third-order valence-corrected chi connectivity index (χ3v) is 6.98. The summed E-state index contributed by atoms with van der Waals surface area (Å²) in [4.78, 5) is 13.0. The van der Waals surface area contributed by atoms with Gasteiger partial charge in [0.2, 0.25) is 9.84 Å². The summed E-state index contributed by atoms with van der Waals surface area (Å²) < 4.78 is 26.5. The molecule has 0 radical (unpaired) electrons. The molecule has 30 heavy (non-hydrogen) atoms. The van der Waals surface area contributed by atoms with Crippen molar-refractivity contribution in [1.82, 2.24) is 5.32 Å². The molecule has 5 nitrogen and oxygen atoms in total. The topological polar surface area (TPSA) is 75.3 Å². The quantitative estimate of drug-likeness (QED) is 0.642. The van der Waals surface area contributed by atoms with Gasteiger partial charge in [-0.2, -0.15) is 0 Å². The lowest BCUT2D eigenvalue weighted by Gasteiger charge is -2.18. The molecule has 0 fully saturated rings. The maximum atomic E-state index is 13.2. The molecular formula is C24H22N2O3S. The number of nitrogens with one attached hydrogen (secondary N) is 2. The molecule has 6 heteroatoms. The zero-order valence-corrected chi connectivity index (χ0v) is 17.5. The van der Waals surface area contributed by atoms with E-state index in [1.165, 1.54) is 6.07 Å². The average Bonchev–Trinajstić information content (AvgIpc) is 2.97. The average molecular weight is 419 g/mol. The Labute approximate surface area is 176 Å². The van der Waals surface area contributed by atoms with Gasteiger partial charge in [-0.1, -0.05) is 66.2 Å². The Morgan fingerprint density at radius 3 is 2.20 bits per heavy atom. The summed E-state index contributed by atoms with van der Waals surface area (Å²) in [6, 6.07) is 23.4. The van der Waals surface area contributed by atoms with Gasteiger partial charge in [0.1, 0.15) is 0 Å². The molecule has 1 amide bonds. The molecule has 4 rings (SSSR count). The second-order valence-electron chi connectivity index (χ2n) is 7.30. The van der Waals surface area contributed by atoms with Gasteiger partial charge in [-0.15, -0.1) is 0 Å². The van der Waals surface area contributed by atoms with Crippen LogP contribution in [0.25, 0.3) is 5.70 Å². The van der Waals surface area contributed by atoms with Crippen molar-refractivity contribution in [1.29, 1.82) is 0 Å². The minimum atomic E-state index is -3.95. The van der Waals surface area contributed by atoms with E-state index in [0.717, 1.165) is 11.1 Å². The number of hydrogen-bond acceptors (Lipinski definition) is 4. The van der Waals surface area contributed by atoms with Crippen molar-refractivity contribution in [3.8, 4) is 0 Å². The molecule has 1 atom stereocenters. The van der Waals surface area contributed by atoms with Crippen LogP contribution < -0.4 is 10.6 Å². The van der Waals surface area contributed by atoms with Gasteiger partial charge in [0.05, 0.1) is 10.6 Å². The Bertz CT molecular complexity index is 1230.